The standard InChI is InChI=1S/C12H16/c1-5-8-10-12(7-3)11(4)9-6-2/h5-10H,1,4H2,2-3H3/b9-6-,10-8-,12-7+. The topological polar surface area (TPSA) is 0 Å². The van der Waals surface area contributed by atoms with E-state index >= 15 is 0 Å². The van der Waals surface area contributed by atoms with Gasteiger partial charge in [0.1, 0.15) is 0 Å². The Morgan fingerprint density at radius 3 is 2.25 bits per heavy atom. The molecule has 0 saturated heterocycles. The van der Waals surface area contributed by atoms with Crippen molar-refractivity contribution in [3.8, 4) is 0 Å². The number of allylic oxidation sites excluding steroid dienone is 8. The molecule has 0 unspecified atom stereocenters. The molecule has 0 bridgehead atoms. The van der Waals surface area contributed by atoms with Crippen LogP contribution in [0.25, 0.3) is 0 Å². The molecule has 0 aliphatic rings. The van der Waals surface area contributed by atoms with Gasteiger partial charge in [-0.05, 0) is 25.0 Å². The fourth-order valence-electron chi connectivity index (χ4n) is 0.858. The van der Waals surface area contributed by atoms with Crippen LogP contribution in [0.3, 0.4) is 0 Å². The molecule has 0 N–H and O–H groups in total. The number of hydrogen-bond acceptors (Lipinski definition) is 0. The van der Waals surface area contributed by atoms with Crippen LogP contribution >= 0.6 is 0 Å². The second kappa shape index (κ2) is 6.41. The summed E-state index contributed by atoms with van der Waals surface area (Å²) in [6.45, 7) is 11.5. The maximum Gasteiger partial charge on any atom is -0.0233 e. The van der Waals surface area contributed by atoms with Crippen molar-refractivity contribution in [1.82, 2.24) is 0 Å². The third-order valence-corrected chi connectivity index (χ3v) is 1.46. The Morgan fingerprint density at radius 1 is 1.17 bits per heavy atom. The maximum atomic E-state index is 3.93. The summed E-state index contributed by atoms with van der Waals surface area (Å²) in [7, 11) is 0. The quantitative estimate of drug-likeness (QED) is 0.549. The van der Waals surface area contributed by atoms with Crippen molar-refractivity contribution in [2.75, 3.05) is 0 Å². The maximum absolute atomic E-state index is 3.93. The van der Waals surface area contributed by atoms with Crippen molar-refractivity contribution < 1.29 is 0 Å². The molecule has 0 aromatic rings. The molecule has 0 aliphatic heterocycles. The molecule has 0 heterocycles. The minimum absolute atomic E-state index is 1.03. The van der Waals surface area contributed by atoms with E-state index in [1.54, 1.807) is 6.08 Å². The predicted octanol–water partition coefficient (Wildman–Crippen LogP) is 3.81. The van der Waals surface area contributed by atoms with E-state index < -0.39 is 0 Å². The van der Waals surface area contributed by atoms with Gasteiger partial charge >= 0.3 is 0 Å². The molecule has 0 aliphatic carbocycles. The van der Waals surface area contributed by atoms with Gasteiger partial charge in [0.2, 0.25) is 0 Å². The molecule has 0 fully saturated rings. The summed E-state index contributed by atoms with van der Waals surface area (Å²) in [6.07, 6.45) is 11.7. The van der Waals surface area contributed by atoms with Gasteiger partial charge in [-0.25, -0.2) is 0 Å². The second-order valence-electron chi connectivity index (χ2n) is 2.36. The van der Waals surface area contributed by atoms with Gasteiger partial charge in [0.15, 0.2) is 0 Å². The monoisotopic (exact) mass is 160 g/mol. The average molecular weight is 160 g/mol. The highest BCUT2D eigenvalue weighted by molar-refractivity contribution is 5.44. The molecule has 0 radical (unpaired) electrons. The Bertz CT molecular complexity index is 237. The summed E-state index contributed by atoms with van der Waals surface area (Å²) in [5.41, 5.74) is 2.16. The zero-order valence-electron chi connectivity index (χ0n) is 7.88. The van der Waals surface area contributed by atoms with Crippen LogP contribution in [0.2, 0.25) is 0 Å². The Kier molecular flexibility index (Phi) is 5.72. The fraction of sp³-hybridized carbons (Fsp3) is 0.167. The van der Waals surface area contributed by atoms with E-state index in [2.05, 4.69) is 13.2 Å². The van der Waals surface area contributed by atoms with Gasteiger partial charge in [0.05, 0.1) is 0 Å². The summed E-state index contributed by atoms with van der Waals surface area (Å²) in [5.74, 6) is 0. The molecular formula is C12H16. The third-order valence-electron chi connectivity index (χ3n) is 1.46. The lowest BCUT2D eigenvalue weighted by Gasteiger charge is -1.98. The summed E-state index contributed by atoms with van der Waals surface area (Å²) in [6, 6.07) is 0. The van der Waals surface area contributed by atoms with Crippen molar-refractivity contribution in [1.29, 1.82) is 0 Å². The predicted molar refractivity (Wildman–Crippen MR) is 57.0 cm³/mol. The molecular weight excluding hydrogens is 144 g/mol. The van der Waals surface area contributed by atoms with Gasteiger partial charge in [-0.2, -0.15) is 0 Å². The van der Waals surface area contributed by atoms with Crippen molar-refractivity contribution in [2.24, 2.45) is 0 Å². The Balaban J connectivity index is 4.47. The first-order valence-corrected chi connectivity index (χ1v) is 4.03. The van der Waals surface area contributed by atoms with Gasteiger partial charge in [-0.1, -0.05) is 49.6 Å². The molecule has 0 amide bonds. The molecule has 0 aromatic carbocycles. The molecule has 0 saturated carbocycles. The van der Waals surface area contributed by atoms with Crippen LogP contribution in [0.15, 0.2) is 60.8 Å². The number of rotatable bonds is 4. The van der Waals surface area contributed by atoms with Crippen LogP contribution in [-0.2, 0) is 0 Å². The molecule has 0 spiro atoms. The highest BCUT2D eigenvalue weighted by Crippen LogP contribution is 2.10. The SMILES string of the molecule is C=C/C=C\C(=C/C)C(=C)/C=C\C. The minimum Gasteiger partial charge on any atom is -0.0991 e. The van der Waals surface area contributed by atoms with E-state index in [4.69, 9.17) is 0 Å². The van der Waals surface area contributed by atoms with Crippen molar-refractivity contribution >= 4 is 0 Å². The van der Waals surface area contributed by atoms with Crippen molar-refractivity contribution in [3.63, 3.8) is 0 Å². The van der Waals surface area contributed by atoms with Crippen LogP contribution in [0, 0.1) is 0 Å². The van der Waals surface area contributed by atoms with E-state index in [1.807, 2.05) is 44.2 Å². The number of hydrogen-bond donors (Lipinski definition) is 0. The zero-order valence-corrected chi connectivity index (χ0v) is 7.88. The molecule has 0 aromatic heterocycles. The molecule has 0 heteroatoms. The van der Waals surface area contributed by atoms with Crippen LogP contribution in [0.5, 0.6) is 0 Å². The minimum atomic E-state index is 1.03. The van der Waals surface area contributed by atoms with Crippen LogP contribution in [0.4, 0.5) is 0 Å². The van der Waals surface area contributed by atoms with Crippen LogP contribution in [-0.4, -0.2) is 0 Å². The first kappa shape index (κ1) is 10.7. The Hall–Kier alpha value is -1.30. The molecule has 12 heavy (non-hydrogen) atoms. The summed E-state index contributed by atoms with van der Waals surface area (Å²) < 4.78 is 0. The van der Waals surface area contributed by atoms with Gasteiger partial charge in [0, 0.05) is 0 Å². The van der Waals surface area contributed by atoms with Gasteiger partial charge in [-0.15, -0.1) is 0 Å². The van der Waals surface area contributed by atoms with Gasteiger partial charge in [-0.3, -0.25) is 0 Å². The highest BCUT2D eigenvalue weighted by Gasteiger charge is 1.90. The first-order chi connectivity index (χ1) is 5.76. The lowest BCUT2D eigenvalue weighted by atomic mass is 10.1. The first-order valence-electron chi connectivity index (χ1n) is 4.03. The lowest BCUT2D eigenvalue weighted by Crippen LogP contribution is -1.78. The van der Waals surface area contributed by atoms with E-state index in [0.29, 0.717) is 0 Å². The third kappa shape index (κ3) is 3.77. The largest absolute Gasteiger partial charge is 0.0991 e. The van der Waals surface area contributed by atoms with E-state index in [9.17, 15) is 0 Å². The van der Waals surface area contributed by atoms with Crippen molar-refractivity contribution in [3.05, 3.63) is 60.8 Å². The summed E-state index contributed by atoms with van der Waals surface area (Å²) in [5, 5.41) is 0. The van der Waals surface area contributed by atoms with E-state index in [0.717, 1.165) is 11.1 Å². The lowest BCUT2D eigenvalue weighted by molar-refractivity contribution is 1.51. The molecule has 64 valence electrons. The fourth-order valence-corrected chi connectivity index (χ4v) is 0.858. The molecule has 0 atom stereocenters. The average Bonchev–Trinajstić information content (AvgIpc) is 2.06. The Morgan fingerprint density at radius 2 is 1.83 bits per heavy atom. The summed E-state index contributed by atoms with van der Waals surface area (Å²) >= 11 is 0. The van der Waals surface area contributed by atoms with E-state index in [1.165, 1.54) is 0 Å². The highest BCUT2D eigenvalue weighted by atomic mass is 14.0. The van der Waals surface area contributed by atoms with E-state index in [-0.39, 0.29) is 0 Å². The van der Waals surface area contributed by atoms with Crippen molar-refractivity contribution in [2.45, 2.75) is 13.8 Å². The molecule has 0 nitrogen and oxygen atoms in total. The van der Waals surface area contributed by atoms with Gasteiger partial charge < -0.3 is 0 Å². The smallest absolute Gasteiger partial charge is 0.0233 e. The Labute approximate surface area is 75.3 Å². The van der Waals surface area contributed by atoms with Gasteiger partial charge in [0.25, 0.3) is 0 Å². The normalized spacial score (nSPS) is 12.7. The van der Waals surface area contributed by atoms with Crippen LogP contribution in [0.1, 0.15) is 13.8 Å². The molecule has 0 rings (SSSR count). The zero-order chi connectivity index (χ0) is 9.40. The second-order valence-corrected chi connectivity index (χ2v) is 2.36. The van der Waals surface area contributed by atoms with Crippen LogP contribution < -0.4 is 0 Å². The summed E-state index contributed by atoms with van der Waals surface area (Å²) in [4.78, 5) is 0.